The Balaban J connectivity index is 1.36. The zero-order chi connectivity index (χ0) is 21.2. The van der Waals surface area contributed by atoms with Crippen molar-refractivity contribution in [3.05, 3.63) is 65.3 Å². The number of furan rings is 1. The van der Waals surface area contributed by atoms with E-state index in [1.165, 1.54) is 0 Å². The molecule has 5 rings (SSSR count). The lowest BCUT2D eigenvalue weighted by Gasteiger charge is -2.34. The minimum atomic E-state index is -0.0547. The summed E-state index contributed by atoms with van der Waals surface area (Å²) < 4.78 is 7.06. The second-order valence-electron chi connectivity index (χ2n) is 7.29. The lowest BCUT2D eigenvalue weighted by Crippen LogP contribution is -2.49. The van der Waals surface area contributed by atoms with Crippen LogP contribution in [0.2, 0.25) is 0 Å². The van der Waals surface area contributed by atoms with Crippen molar-refractivity contribution in [1.82, 2.24) is 19.9 Å². The first-order chi connectivity index (χ1) is 15.2. The third-order valence-electron chi connectivity index (χ3n) is 5.27. The number of carbonyl (C=O) groups excluding carboxylic acids is 1. The molecule has 0 bridgehead atoms. The summed E-state index contributed by atoms with van der Waals surface area (Å²) in [6.07, 6.45) is 5.11. The molecule has 7 nitrogen and oxygen atoms in total. The Morgan fingerprint density at radius 2 is 2.03 bits per heavy atom. The van der Waals surface area contributed by atoms with Crippen molar-refractivity contribution in [1.29, 1.82) is 0 Å². The van der Waals surface area contributed by atoms with Crippen molar-refractivity contribution < 1.29 is 9.21 Å². The van der Waals surface area contributed by atoms with Crippen molar-refractivity contribution in [3.63, 3.8) is 0 Å². The van der Waals surface area contributed by atoms with Gasteiger partial charge in [-0.05, 0) is 13.0 Å². The maximum Gasteiger partial charge on any atom is 0.290 e. The van der Waals surface area contributed by atoms with Gasteiger partial charge in [-0.1, -0.05) is 30.0 Å². The summed E-state index contributed by atoms with van der Waals surface area (Å²) >= 11 is 3.27. The molecule has 4 aromatic rings. The number of aryl methyl sites for hydroxylation is 1. The van der Waals surface area contributed by atoms with E-state index in [0.29, 0.717) is 37.7 Å². The second-order valence-corrected chi connectivity index (χ2v) is 9.37. The van der Waals surface area contributed by atoms with Crippen LogP contribution in [-0.4, -0.2) is 51.9 Å². The van der Waals surface area contributed by atoms with E-state index in [-0.39, 0.29) is 5.91 Å². The highest BCUT2D eigenvalue weighted by molar-refractivity contribution is 8.00. The number of piperazine rings is 1. The first kappa shape index (κ1) is 20.0. The molecule has 9 heteroatoms. The SMILES string of the molecule is Cc1csc(SCc2c(C(=O)N3CCN(c4cnccn4)CC3)oc3ccccc23)n1. The van der Waals surface area contributed by atoms with Gasteiger partial charge in [-0.25, -0.2) is 9.97 Å². The highest BCUT2D eigenvalue weighted by Gasteiger charge is 2.28. The van der Waals surface area contributed by atoms with Crippen LogP contribution in [-0.2, 0) is 5.75 Å². The van der Waals surface area contributed by atoms with Crippen molar-refractivity contribution in [3.8, 4) is 0 Å². The third kappa shape index (κ3) is 4.15. The lowest BCUT2D eigenvalue weighted by atomic mass is 10.1. The summed E-state index contributed by atoms with van der Waals surface area (Å²) in [4.78, 5) is 30.5. The summed E-state index contributed by atoms with van der Waals surface area (Å²) in [5.74, 6) is 1.87. The molecule has 0 atom stereocenters. The number of para-hydroxylation sites is 1. The Hall–Kier alpha value is -2.91. The van der Waals surface area contributed by atoms with E-state index >= 15 is 0 Å². The first-order valence-electron chi connectivity index (χ1n) is 10.0. The third-order valence-corrected chi connectivity index (χ3v) is 7.44. The molecular weight excluding hydrogens is 430 g/mol. The van der Waals surface area contributed by atoms with Gasteiger partial charge < -0.3 is 14.2 Å². The molecule has 1 aromatic carbocycles. The fourth-order valence-electron chi connectivity index (χ4n) is 3.68. The van der Waals surface area contributed by atoms with E-state index < -0.39 is 0 Å². The molecular formula is C22H21N5O2S2. The van der Waals surface area contributed by atoms with Gasteiger partial charge in [0.25, 0.3) is 5.91 Å². The molecule has 0 saturated carbocycles. The van der Waals surface area contributed by atoms with E-state index in [9.17, 15) is 4.79 Å². The fourth-order valence-corrected chi connectivity index (χ4v) is 5.56. The second kappa shape index (κ2) is 8.68. The average molecular weight is 452 g/mol. The summed E-state index contributed by atoms with van der Waals surface area (Å²) in [6, 6.07) is 7.85. The van der Waals surface area contributed by atoms with Crippen LogP contribution < -0.4 is 4.90 Å². The van der Waals surface area contributed by atoms with Gasteiger partial charge in [0.05, 0.1) is 6.20 Å². The molecule has 0 aliphatic carbocycles. The first-order valence-corrected chi connectivity index (χ1v) is 11.9. The molecule has 4 heterocycles. The molecule has 1 aliphatic heterocycles. The van der Waals surface area contributed by atoms with E-state index in [1.807, 2.05) is 41.5 Å². The number of thiazole rings is 1. The average Bonchev–Trinajstić information content (AvgIpc) is 3.41. The highest BCUT2D eigenvalue weighted by Crippen LogP contribution is 2.34. The number of hydrogen-bond acceptors (Lipinski definition) is 8. The molecule has 0 radical (unpaired) electrons. The number of aromatic nitrogens is 3. The number of carbonyl (C=O) groups is 1. The van der Waals surface area contributed by atoms with Gasteiger partial charge in [-0.15, -0.1) is 11.3 Å². The van der Waals surface area contributed by atoms with Crippen LogP contribution in [0.15, 0.2) is 57.0 Å². The normalized spacial score (nSPS) is 14.4. The van der Waals surface area contributed by atoms with Gasteiger partial charge >= 0.3 is 0 Å². The van der Waals surface area contributed by atoms with Crippen molar-refractivity contribution in [2.24, 2.45) is 0 Å². The van der Waals surface area contributed by atoms with Crippen molar-refractivity contribution in [2.75, 3.05) is 31.1 Å². The number of hydrogen-bond donors (Lipinski definition) is 0. The predicted molar refractivity (Wildman–Crippen MR) is 123 cm³/mol. The van der Waals surface area contributed by atoms with Crippen molar-refractivity contribution in [2.45, 2.75) is 17.0 Å². The van der Waals surface area contributed by atoms with Gasteiger partial charge in [0.1, 0.15) is 15.7 Å². The van der Waals surface area contributed by atoms with Gasteiger partial charge in [-0.3, -0.25) is 9.78 Å². The number of nitrogens with zero attached hydrogens (tertiary/aromatic N) is 5. The molecule has 158 valence electrons. The van der Waals surface area contributed by atoms with E-state index in [4.69, 9.17) is 4.42 Å². The molecule has 31 heavy (non-hydrogen) atoms. The van der Waals surface area contributed by atoms with Gasteiger partial charge in [0, 0.05) is 66.3 Å². The van der Waals surface area contributed by atoms with Crippen LogP contribution in [0.4, 0.5) is 5.82 Å². The Labute approximate surface area is 188 Å². The molecule has 1 aliphatic rings. The van der Waals surface area contributed by atoms with Gasteiger partial charge in [-0.2, -0.15) is 0 Å². The fraction of sp³-hybridized carbons (Fsp3) is 0.273. The Morgan fingerprint density at radius 3 is 2.77 bits per heavy atom. The summed E-state index contributed by atoms with van der Waals surface area (Å²) in [7, 11) is 0. The smallest absolute Gasteiger partial charge is 0.290 e. The number of fused-ring (bicyclic) bond motifs is 1. The van der Waals surface area contributed by atoms with Gasteiger partial charge in [0.15, 0.2) is 5.76 Å². The molecule has 0 N–H and O–H groups in total. The van der Waals surface area contributed by atoms with Crippen LogP contribution >= 0.6 is 23.1 Å². The topological polar surface area (TPSA) is 75.4 Å². The zero-order valence-electron chi connectivity index (χ0n) is 17.0. The molecule has 0 unspecified atom stereocenters. The maximum absolute atomic E-state index is 13.4. The number of amides is 1. The predicted octanol–water partition coefficient (Wildman–Crippen LogP) is 4.24. The standard InChI is InChI=1S/C22H21N5O2S2/c1-15-13-30-22(25-15)31-14-17-16-4-2-3-5-18(16)29-20(17)21(28)27-10-8-26(9-11-27)19-12-23-6-7-24-19/h2-7,12-13H,8-11,14H2,1H3. The minimum absolute atomic E-state index is 0.0547. The number of anilines is 1. The quantitative estimate of drug-likeness (QED) is 0.420. The maximum atomic E-state index is 13.4. The van der Waals surface area contributed by atoms with Crippen molar-refractivity contribution >= 4 is 45.8 Å². The Bertz CT molecular complexity index is 1200. The molecule has 0 spiro atoms. The van der Waals surface area contributed by atoms with Crippen LogP contribution in [0, 0.1) is 6.92 Å². The largest absolute Gasteiger partial charge is 0.451 e. The van der Waals surface area contributed by atoms with Crippen LogP contribution in [0.25, 0.3) is 11.0 Å². The number of rotatable bonds is 5. The van der Waals surface area contributed by atoms with Crippen LogP contribution in [0.3, 0.4) is 0 Å². The summed E-state index contributed by atoms with van der Waals surface area (Å²) in [6.45, 7) is 4.65. The van der Waals surface area contributed by atoms with E-state index in [1.54, 1.807) is 41.7 Å². The Kier molecular flexibility index (Phi) is 5.61. The van der Waals surface area contributed by atoms with Gasteiger partial charge in [0.2, 0.25) is 0 Å². The molecule has 1 fully saturated rings. The number of thioether (sulfide) groups is 1. The number of benzene rings is 1. The zero-order valence-corrected chi connectivity index (χ0v) is 18.7. The van der Waals surface area contributed by atoms with Crippen LogP contribution in [0.5, 0.6) is 0 Å². The summed E-state index contributed by atoms with van der Waals surface area (Å²) in [5, 5.41) is 3.03. The molecule has 1 saturated heterocycles. The van der Waals surface area contributed by atoms with E-state index in [0.717, 1.165) is 32.4 Å². The minimum Gasteiger partial charge on any atom is -0.451 e. The summed E-state index contributed by atoms with van der Waals surface area (Å²) in [5.41, 5.74) is 2.70. The molecule has 3 aromatic heterocycles. The Morgan fingerprint density at radius 1 is 1.19 bits per heavy atom. The van der Waals surface area contributed by atoms with Crippen LogP contribution in [0.1, 0.15) is 21.8 Å². The van der Waals surface area contributed by atoms with E-state index in [2.05, 4.69) is 19.9 Å². The lowest BCUT2D eigenvalue weighted by molar-refractivity contribution is 0.0715. The molecule has 1 amide bonds. The highest BCUT2D eigenvalue weighted by atomic mass is 32.2. The monoisotopic (exact) mass is 451 g/mol.